The molecule has 1 aliphatic rings. The SMILES string of the molecule is CCC1NC(=O)C(C(C)C(C)CC(O)C(C)NCCN)N(C)C(=O)C(C(C)C)N(C)C(=O)C(CC(C)C)N(C)C(=O)C(CC(C)C)N(C)C(=O)C(C)NC(=O)C(C)NC(=O)C(C(C)C)N(C)C(=O)C(C(C)C)NC(=O)C(CC(C)C)N(C)C(=O)CN(C)C1=O. The Balaban J connectivity index is 4.37. The molecule has 11 amide bonds. The van der Waals surface area contributed by atoms with Crippen molar-refractivity contribution in [1.82, 2.24) is 60.9 Å². The number of rotatable bonds is 18. The van der Waals surface area contributed by atoms with E-state index in [0.717, 1.165) is 4.90 Å². The number of nitrogens with zero attached hydrogens (tertiary/aromatic N) is 7. The highest BCUT2D eigenvalue weighted by Crippen LogP contribution is 2.29. The molecule has 512 valence electrons. The maximum atomic E-state index is 15.4. The Hall–Kier alpha value is -5.95. The number of hydrogen-bond donors (Lipinski definition) is 7. The maximum Gasteiger partial charge on any atom is 0.246 e. The summed E-state index contributed by atoms with van der Waals surface area (Å²) >= 11 is 0. The quantitative estimate of drug-likeness (QED) is 0.103. The van der Waals surface area contributed by atoms with Crippen LogP contribution in [0.5, 0.6) is 0 Å². The second kappa shape index (κ2) is 36.8. The van der Waals surface area contributed by atoms with Crippen molar-refractivity contribution >= 4 is 65.0 Å². The summed E-state index contributed by atoms with van der Waals surface area (Å²) in [5.74, 6) is -10.3. The van der Waals surface area contributed by atoms with Gasteiger partial charge in [0, 0.05) is 68.5 Å². The third-order valence-electron chi connectivity index (χ3n) is 17.5. The predicted molar refractivity (Wildman–Crippen MR) is 345 cm³/mol. The molecule has 0 aromatic carbocycles. The van der Waals surface area contributed by atoms with E-state index in [4.69, 9.17) is 5.73 Å². The van der Waals surface area contributed by atoms with Crippen molar-refractivity contribution in [3.05, 3.63) is 0 Å². The van der Waals surface area contributed by atoms with Gasteiger partial charge in [0.2, 0.25) is 65.0 Å². The van der Waals surface area contributed by atoms with Crippen LogP contribution < -0.4 is 32.3 Å². The van der Waals surface area contributed by atoms with Gasteiger partial charge in [0.15, 0.2) is 0 Å². The fraction of sp³-hybridized carbons (Fsp3) is 0.828. The van der Waals surface area contributed by atoms with Crippen LogP contribution in [0.1, 0.15) is 157 Å². The Morgan fingerprint density at radius 3 is 1.38 bits per heavy atom. The zero-order chi connectivity index (χ0) is 69.1. The van der Waals surface area contributed by atoms with E-state index in [9.17, 15) is 38.7 Å². The van der Waals surface area contributed by atoms with E-state index in [1.165, 1.54) is 92.6 Å². The van der Waals surface area contributed by atoms with Crippen LogP contribution in [0.2, 0.25) is 0 Å². The first-order valence-electron chi connectivity index (χ1n) is 32.2. The molecule has 1 heterocycles. The van der Waals surface area contributed by atoms with E-state index in [0.29, 0.717) is 13.1 Å². The van der Waals surface area contributed by atoms with Gasteiger partial charge < -0.3 is 71.7 Å². The molecule has 0 saturated carbocycles. The molecular formula is C64H119N13O12. The summed E-state index contributed by atoms with van der Waals surface area (Å²) in [5.41, 5.74) is 5.74. The van der Waals surface area contributed by atoms with Crippen LogP contribution in [0.25, 0.3) is 0 Å². The molecule has 8 N–H and O–H groups in total. The molecule has 25 nitrogen and oxygen atoms in total. The number of nitrogens with two attached hydrogens (primary N) is 1. The van der Waals surface area contributed by atoms with Crippen LogP contribution in [0.4, 0.5) is 0 Å². The molecule has 0 aromatic rings. The zero-order valence-corrected chi connectivity index (χ0v) is 58.8. The van der Waals surface area contributed by atoms with Crippen LogP contribution >= 0.6 is 0 Å². The molecular weight excluding hydrogens is 1140 g/mol. The van der Waals surface area contributed by atoms with Gasteiger partial charge in [0.1, 0.15) is 60.4 Å². The van der Waals surface area contributed by atoms with Crippen molar-refractivity contribution in [2.24, 2.45) is 53.1 Å². The topological polar surface area (TPSA) is 317 Å². The smallest absolute Gasteiger partial charge is 0.246 e. The minimum Gasteiger partial charge on any atom is -0.392 e. The van der Waals surface area contributed by atoms with Gasteiger partial charge in [-0.15, -0.1) is 0 Å². The fourth-order valence-corrected chi connectivity index (χ4v) is 11.7. The van der Waals surface area contributed by atoms with E-state index in [1.807, 2.05) is 55.4 Å². The summed E-state index contributed by atoms with van der Waals surface area (Å²) in [7, 11) is 10.1. The summed E-state index contributed by atoms with van der Waals surface area (Å²) in [6.45, 7) is 31.9. The number of likely N-dealkylation sites (N-methyl/N-ethyl adjacent to an activating group) is 7. The molecule has 25 heteroatoms. The summed E-state index contributed by atoms with van der Waals surface area (Å²) < 4.78 is 0. The number of carbonyl (C=O) groups excluding carboxylic acids is 11. The van der Waals surface area contributed by atoms with Gasteiger partial charge in [-0.2, -0.15) is 0 Å². The van der Waals surface area contributed by atoms with E-state index in [2.05, 4.69) is 26.6 Å². The molecule has 0 bridgehead atoms. The van der Waals surface area contributed by atoms with E-state index < -0.39 is 168 Å². The third kappa shape index (κ3) is 22.7. The second-order valence-electron chi connectivity index (χ2n) is 27.5. The highest BCUT2D eigenvalue weighted by Gasteiger charge is 2.46. The van der Waals surface area contributed by atoms with Crippen molar-refractivity contribution < 1.29 is 57.8 Å². The molecule has 89 heavy (non-hydrogen) atoms. The highest BCUT2D eigenvalue weighted by atomic mass is 16.3. The normalized spacial score (nSPS) is 26.9. The van der Waals surface area contributed by atoms with E-state index >= 15 is 19.2 Å². The Labute approximate surface area is 533 Å². The number of hydrogen-bond acceptors (Lipinski definition) is 14. The van der Waals surface area contributed by atoms with Crippen molar-refractivity contribution in [3.8, 4) is 0 Å². The van der Waals surface area contributed by atoms with Crippen LogP contribution in [-0.4, -0.2) is 246 Å². The second-order valence-corrected chi connectivity index (χ2v) is 27.5. The van der Waals surface area contributed by atoms with Crippen molar-refractivity contribution in [1.29, 1.82) is 0 Å². The molecule has 1 fully saturated rings. The number of aliphatic hydroxyl groups is 1. The molecule has 14 atom stereocenters. The lowest BCUT2D eigenvalue weighted by Gasteiger charge is -2.42. The molecule has 0 spiro atoms. The lowest BCUT2D eigenvalue weighted by molar-refractivity contribution is -0.156. The fourth-order valence-electron chi connectivity index (χ4n) is 11.7. The standard InChI is InChI=1S/C64H119N13O12/c1-26-45-60(85)71(19)33-50(79)72(20)46(29-34(2)3)56(81)70-51(37(8)9)63(88)75(23)52(38(10)11)57(82)67-43(17)55(80)68-44(18)59(84)73(21)47(30-35(4)5)61(86)74(22)48(31-36(6)7)62(87)76(24)53(39(12)13)64(89)77(25)54(58(83)69-45)41(15)40(14)32-49(78)42(16)66-28-27-65/h34-49,51-54,66,78H,26-33,65H2,1-25H3,(H,67,82)(H,68,80)(H,69,83)(H,70,81). The van der Waals surface area contributed by atoms with Gasteiger partial charge >= 0.3 is 0 Å². The molecule has 0 aliphatic carbocycles. The average molecular weight is 1260 g/mol. The van der Waals surface area contributed by atoms with Gasteiger partial charge in [-0.25, -0.2) is 0 Å². The summed E-state index contributed by atoms with van der Waals surface area (Å²) in [6.07, 6.45) is -0.186. The van der Waals surface area contributed by atoms with Crippen molar-refractivity contribution in [2.45, 2.75) is 229 Å². The van der Waals surface area contributed by atoms with Crippen molar-refractivity contribution in [3.63, 3.8) is 0 Å². The Morgan fingerprint density at radius 1 is 0.483 bits per heavy atom. The number of aliphatic hydroxyl groups excluding tert-OH is 1. The minimum atomic E-state index is -1.30. The van der Waals surface area contributed by atoms with Gasteiger partial charge in [0.25, 0.3) is 0 Å². The summed E-state index contributed by atoms with van der Waals surface area (Å²) in [6, 6.07) is -12.4. The zero-order valence-electron chi connectivity index (χ0n) is 58.8. The first-order chi connectivity index (χ1) is 41.0. The van der Waals surface area contributed by atoms with Crippen LogP contribution in [0, 0.1) is 47.3 Å². The minimum absolute atomic E-state index is 0.0530. The van der Waals surface area contributed by atoms with Crippen LogP contribution in [0.15, 0.2) is 0 Å². The van der Waals surface area contributed by atoms with Crippen LogP contribution in [0.3, 0.4) is 0 Å². The Morgan fingerprint density at radius 2 is 0.921 bits per heavy atom. The van der Waals surface area contributed by atoms with Gasteiger partial charge in [-0.1, -0.05) is 104 Å². The highest BCUT2D eigenvalue weighted by molar-refractivity contribution is 5.99. The molecule has 14 unspecified atom stereocenters. The Bertz CT molecular complexity index is 2390. The third-order valence-corrected chi connectivity index (χ3v) is 17.5. The number of nitrogens with one attached hydrogen (secondary N) is 5. The molecule has 1 aliphatic heterocycles. The lowest BCUT2D eigenvalue weighted by Crippen LogP contribution is -2.62. The lowest BCUT2D eigenvalue weighted by atomic mass is 9.82. The molecule has 1 saturated heterocycles. The maximum absolute atomic E-state index is 15.4. The molecule has 1 rings (SSSR count). The van der Waals surface area contributed by atoms with E-state index in [-0.39, 0.29) is 55.9 Å². The van der Waals surface area contributed by atoms with Crippen molar-refractivity contribution in [2.75, 3.05) is 69.0 Å². The largest absolute Gasteiger partial charge is 0.392 e. The van der Waals surface area contributed by atoms with Crippen LogP contribution in [-0.2, 0) is 52.7 Å². The van der Waals surface area contributed by atoms with Gasteiger partial charge in [-0.3, -0.25) is 52.7 Å². The first-order valence-corrected chi connectivity index (χ1v) is 32.2. The summed E-state index contributed by atoms with van der Waals surface area (Å²) in [5, 5.41) is 25.7. The number of amides is 11. The average Bonchev–Trinajstić information content (AvgIpc) is 1.13. The first kappa shape index (κ1) is 81.1. The van der Waals surface area contributed by atoms with Gasteiger partial charge in [0.05, 0.1) is 12.6 Å². The Kier molecular flexibility index (Phi) is 33.5. The molecule has 0 radical (unpaired) electrons. The van der Waals surface area contributed by atoms with E-state index in [1.54, 1.807) is 55.4 Å². The summed E-state index contributed by atoms with van der Waals surface area (Å²) in [4.78, 5) is 170. The predicted octanol–water partition coefficient (Wildman–Crippen LogP) is 1.88. The van der Waals surface area contributed by atoms with Gasteiger partial charge in [-0.05, 0) is 100 Å². The number of carbonyl (C=O) groups is 11. The molecule has 0 aromatic heterocycles. The monoisotopic (exact) mass is 1260 g/mol.